The molecule has 0 bridgehead atoms. The zero-order valence-electron chi connectivity index (χ0n) is 16.6. The molecule has 0 radical (unpaired) electrons. The molecule has 6 rings (SSSR count). The van der Waals surface area contributed by atoms with Gasteiger partial charge in [0.15, 0.2) is 0 Å². The Labute approximate surface area is 180 Å². The third-order valence-electron chi connectivity index (χ3n) is 7.45. The number of piperidine rings is 1. The maximum Gasteiger partial charge on any atom is 0.115 e. The van der Waals surface area contributed by atoms with Crippen LogP contribution in [0.15, 0.2) is 46.9 Å². The van der Waals surface area contributed by atoms with Crippen LogP contribution in [0.2, 0.25) is 0 Å². The zero-order chi connectivity index (χ0) is 19.5. The van der Waals surface area contributed by atoms with Gasteiger partial charge in [0.2, 0.25) is 0 Å². The monoisotopic (exact) mass is 450 g/mol. The number of hydrogen-bond acceptors (Lipinski definition) is 2. The number of aromatic hydroxyl groups is 1. The van der Waals surface area contributed by atoms with E-state index in [2.05, 4.69) is 50.1 Å². The summed E-state index contributed by atoms with van der Waals surface area (Å²) in [6.07, 6.45) is 5.07. The second-order valence-corrected chi connectivity index (χ2v) is 10.3. The first-order chi connectivity index (χ1) is 14.2. The van der Waals surface area contributed by atoms with E-state index in [9.17, 15) is 5.11 Å². The number of benzene rings is 2. The van der Waals surface area contributed by atoms with E-state index < -0.39 is 0 Å². The summed E-state index contributed by atoms with van der Waals surface area (Å²) < 4.78 is 1.21. The summed E-state index contributed by atoms with van der Waals surface area (Å²) in [4.78, 5) is 6.46. The highest BCUT2D eigenvalue weighted by molar-refractivity contribution is 9.10. The molecule has 1 aromatic heterocycles. The summed E-state index contributed by atoms with van der Waals surface area (Å²) in [6, 6.07) is 14.5. The predicted molar refractivity (Wildman–Crippen MR) is 120 cm³/mol. The molecule has 1 saturated carbocycles. The van der Waals surface area contributed by atoms with E-state index in [1.165, 1.54) is 58.1 Å². The fourth-order valence-electron chi connectivity index (χ4n) is 5.95. The molecule has 150 valence electrons. The number of halogens is 1. The summed E-state index contributed by atoms with van der Waals surface area (Å²) in [5.74, 6) is 3.10. The number of phenolic OH excluding ortho intramolecular Hbond substituents is 1. The van der Waals surface area contributed by atoms with Crippen LogP contribution in [-0.2, 0) is 12.8 Å². The third kappa shape index (κ3) is 3.21. The van der Waals surface area contributed by atoms with Gasteiger partial charge in [0.1, 0.15) is 5.75 Å². The number of rotatable bonds is 3. The molecule has 2 aliphatic carbocycles. The molecule has 2 aromatic carbocycles. The van der Waals surface area contributed by atoms with Gasteiger partial charge in [-0.25, -0.2) is 0 Å². The number of aromatic amines is 1. The lowest BCUT2D eigenvalue weighted by molar-refractivity contribution is 0.0850. The minimum atomic E-state index is 0.393. The van der Waals surface area contributed by atoms with Crippen molar-refractivity contribution in [2.24, 2.45) is 17.8 Å². The number of likely N-dealkylation sites (tertiary alicyclic amines) is 1. The molecule has 3 aliphatic rings. The van der Waals surface area contributed by atoms with Crippen molar-refractivity contribution in [2.45, 2.75) is 31.6 Å². The Hall–Kier alpha value is -1.78. The van der Waals surface area contributed by atoms with Gasteiger partial charge in [0, 0.05) is 46.6 Å². The number of fused-ring (bicyclic) bond motifs is 4. The molecule has 0 amide bonds. The molecule has 2 fully saturated rings. The quantitative estimate of drug-likeness (QED) is 0.554. The Bertz CT molecular complexity index is 1070. The largest absolute Gasteiger partial charge is 0.508 e. The van der Waals surface area contributed by atoms with Crippen molar-refractivity contribution in [1.82, 2.24) is 9.88 Å². The van der Waals surface area contributed by atoms with Crippen LogP contribution in [0, 0.1) is 17.8 Å². The first-order valence-corrected chi connectivity index (χ1v) is 11.7. The highest BCUT2D eigenvalue weighted by atomic mass is 79.9. The van der Waals surface area contributed by atoms with Crippen LogP contribution < -0.4 is 0 Å². The van der Waals surface area contributed by atoms with Crippen LogP contribution in [0.3, 0.4) is 0 Å². The summed E-state index contributed by atoms with van der Waals surface area (Å²) in [5, 5.41) is 11.5. The zero-order valence-corrected chi connectivity index (χ0v) is 18.2. The maximum absolute atomic E-state index is 10.1. The lowest BCUT2D eigenvalue weighted by Gasteiger charge is -2.46. The van der Waals surface area contributed by atoms with Gasteiger partial charge in [-0.3, -0.25) is 0 Å². The minimum Gasteiger partial charge on any atom is -0.508 e. The number of phenols is 1. The summed E-state index contributed by atoms with van der Waals surface area (Å²) in [7, 11) is 0. The smallest absolute Gasteiger partial charge is 0.115 e. The maximum atomic E-state index is 10.1. The van der Waals surface area contributed by atoms with Gasteiger partial charge in [0.05, 0.1) is 0 Å². The normalized spacial score (nSPS) is 27.0. The number of aromatic nitrogens is 1. The Morgan fingerprint density at radius 1 is 1.07 bits per heavy atom. The average Bonchev–Trinajstić information content (AvgIpc) is 3.44. The van der Waals surface area contributed by atoms with Crippen LogP contribution >= 0.6 is 15.9 Å². The Balaban J connectivity index is 1.40. The third-order valence-corrected chi connectivity index (χ3v) is 8.11. The van der Waals surface area contributed by atoms with E-state index in [0.717, 1.165) is 25.3 Å². The van der Waals surface area contributed by atoms with Crippen molar-refractivity contribution in [3.05, 3.63) is 63.8 Å². The van der Waals surface area contributed by atoms with E-state index >= 15 is 0 Å². The highest BCUT2D eigenvalue weighted by Crippen LogP contribution is 2.46. The Morgan fingerprint density at radius 2 is 1.93 bits per heavy atom. The van der Waals surface area contributed by atoms with E-state index in [0.29, 0.717) is 23.5 Å². The first kappa shape index (κ1) is 18.0. The van der Waals surface area contributed by atoms with Crippen LogP contribution in [0.5, 0.6) is 5.75 Å². The number of nitrogens with zero attached hydrogens (tertiary/aromatic N) is 1. The number of H-pyrrole nitrogens is 1. The first-order valence-electron chi connectivity index (χ1n) is 10.9. The number of nitrogens with one attached hydrogen (secondary N) is 1. The van der Waals surface area contributed by atoms with Crippen LogP contribution in [-0.4, -0.2) is 34.6 Å². The molecule has 29 heavy (non-hydrogen) atoms. The molecule has 0 spiro atoms. The second-order valence-electron chi connectivity index (χ2n) is 9.44. The molecule has 4 heteroatoms. The minimum absolute atomic E-state index is 0.393. The van der Waals surface area contributed by atoms with Gasteiger partial charge in [-0.2, -0.15) is 0 Å². The fourth-order valence-corrected chi connectivity index (χ4v) is 6.56. The lowest BCUT2D eigenvalue weighted by atomic mass is 9.67. The fraction of sp³-hybridized carbons (Fsp3) is 0.440. The van der Waals surface area contributed by atoms with Gasteiger partial charge in [-0.1, -0.05) is 34.1 Å². The molecule has 3 nitrogen and oxygen atoms in total. The van der Waals surface area contributed by atoms with Gasteiger partial charge in [-0.15, -0.1) is 0 Å². The summed E-state index contributed by atoms with van der Waals surface area (Å²) >= 11 is 3.79. The predicted octanol–water partition coefficient (Wildman–Crippen LogP) is 5.48. The molecule has 2 N–H and O–H groups in total. The number of hydrogen-bond donors (Lipinski definition) is 2. The Kier molecular flexibility index (Phi) is 4.28. The topological polar surface area (TPSA) is 39.3 Å². The van der Waals surface area contributed by atoms with Crippen LogP contribution in [0.1, 0.15) is 35.6 Å². The van der Waals surface area contributed by atoms with Crippen molar-refractivity contribution in [1.29, 1.82) is 0 Å². The van der Waals surface area contributed by atoms with Crippen LogP contribution in [0.25, 0.3) is 10.9 Å². The van der Waals surface area contributed by atoms with E-state index in [1.807, 2.05) is 12.1 Å². The van der Waals surface area contributed by atoms with Crippen molar-refractivity contribution in [2.75, 3.05) is 19.6 Å². The van der Waals surface area contributed by atoms with Crippen molar-refractivity contribution in [3.63, 3.8) is 0 Å². The molecule has 1 aliphatic heterocycles. The summed E-state index contributed by atoms with van der Waals surface area (Å²) in [6.45, 7) is 3.59. The Morgan fingerprint density at radius 3 is 2.76 bits per heavy atom. The highest BCUT2D eigenvalue weighted by Gasteiger charge is 2.42. The summed E-state index contributed by atoms with van der Waals surface area (Å²) in [5.41, 5.74) is 5.51. The lowest BCUT2D eigenvalue weighted by Crippen LogP contribution is -2.48. The second kappa shape index (κ2) is 6.88. The van der Waals surface area contributed by atoms with E-state index in [-0.39, 0.29) is 0 Å². The van der Waals surface area contributed by atoms with Crippen molar-refractivity contribution in [3.8, 4) is 5.75 Å². The van der Waals surface area contributed by atoms with E-state index in [1.54, 1.807) is 6.07 Å². The average molecular weight is 451 g/mol. The SMILES string of the molecule is Oc1cccc(C2CN(CC3CC3)CC3Cc4c([nH]c5cccc(Br)c45)CC32)c1. The van der Waals surface area contributed by atoms with Crippen molar-refractivity contribution >= 4 is 26.8 Å². The molecule has 3 atom stereocenters. The standard InChI is InChI=1S/C25H27BrN2O/c26-22-5-2-6-23-25(22)20-10-17-13-28(12-15-7-8-15)14-21(19(17)11-24(20)27-23)16-3-1-4-18(29)9-16/h1-6,9,15,17,19,21,27,29H,7-8,10-14H2. The molecule has 1 saturated heterocycles. The molecule has 2 heterocycles. The van der Waals surface area contributed by atoms with Crippen molar-refractivity contribution < 1.29 is 5.11 Å². The van der Waals surface area contributed by atoms with Gasteiger partial charge < -0.3 is 15.0 Å². The molecular weight excluding hydrogens is 424 g/mol. The van der Waals surface area contributed by atoms with Gasteiger partial charge >= 0.3 is 0 Å². The molecular formula is C25H27BrN2O. The van der Waals surface area contributed by atoms with Gasteiger partial charge in [0.25, 0.3) is 0 Å². The molecule has 3 unspecified atom stereocenters. The van der Waals surface area contributed by atoms with Gasteiger partial charge in [-0.05, 0) is 78.8 Å². The van der Waals surface area contributed by atoms with E-state index in [4.69, 9.17) is 0 Å². The van der Waals surface area contributed by atoms with Crippen LogP contribution in [0.4, 0.5) is 0 Å². The molecule has 3 aromatic rings.